The van der Waals surface area contributed by atoms with Gasteiger partial charge in [-0.05, 0) is 40.7 Å². The molecule has 1 aliphatic carbocycles. The van der Waals surface area contributed by atoms with Gasteiger partial charge in [0.2, 0.25) is 0 Å². The highest BCUT2D eigenvalue weighted by Crippen LogP contribution is 2.45. The van der Waals surface area contributed by atoms with Gasteiger partial charge in [-0.3, -0.25) is 9.89 Å². The number of aliphatic imine (C=N–C) groups is 1. The Labute approximate surface area is 154 Å². The number of benzene rings is 1. The molecule has 5 rings (SSSR count). The van der Waals surface area contributed by atoms with Crippen LogP contribution in [0.5, 0.6) is 0 Å². The molecule has 1 aliphatic heterocycles. The van der Waals surface area contributed by atoms with Crippen molar-refractivity contribution in [2.45, 2.75) is 31.6 Å². The van der Waals surface area contributed by atoms with E-state index in [1.54, 1.807) is 6.20 Å². The van der Waals surface area contributed by atoms with Gasteiger partial charge >= 0.3 is 0 Å². The van der Waals surface area contributed by atoms with Gasteiger partial charge in [-0.2, -0.15) is 10.4 Å². The number of carbonyl (C=O) groups excluding carboxylic acids is 1. The van der Waals surface area contributed by atoms with Crippen molar-refractivity contribution >= 4 is 28.3 Å². The number of ketones is 1. The summed E-state index contributed by atoms with van der Waals surface area (Å²) in [7, 11) is 0. The fourth-order valence-corrected chi connectivity index (χ4v) is 4.30. The number of fused-ring (bicyclic) bond motifs is 2. The van der Waals surface area contributed by atoms with Crippen molar-refractivity contribution in [1.82, 2.24) is 20.5 Å². The Bertz CT molecular complexity index is 1090. The van der Waals surface area contributed by atoms with E-state index in [9.17, 15) is 10.1 Å². The minimum atomic E-state index is -0.449. The van der Waals surface area contributed by atoms with Gasteiger partial charge in [-0.25, -0.2) is 9.62 Å². The molecule has 8 heteroatoms. The number of carbonyl (C=O) groups is 1. The average molecular weight is 360 g/mol. The lowest BCUT2D eigenvalue weighted by atomic mass is 9.71. The van der Waals surface area contributed by atoms with Crippen LogP contribution in [0.1, 0.15) is 42.7 Å². The Balaban J connectivity index is 1.65. The summed E-state index contributed by atoms with van der Waals surface area (Å²) in [5.41, 5.74) is 3.88. The summed E-state index contributed by atoms with van der Waals surface area (Å²) >= 11 is 0. The third-order valence-electron chi connectivity index (χ3n) is 5.63. The number of H-pyrrole nitrogens is 1. The van der Waals surface area contributed by atoms with Gasteiger partial charge in [0.15, 0.2) is 5.82 Å². The van der Waals surface area contributed by atoms with Gasteiger partial charge in [-0.1, -0.05) is 12.1 Å². The molecule has 3 heterocycles. The number of nitrogens with one attached hydrogen (secondary N) is 1. The lowest BCUT2D eigenvalue weighted by Gasteiger charge is -2.32. The fraction of sp³-hybridized carbons (Fsp3) is 0.368. The second-order valence-corrected chi connectivity index (χ2v) is 7.09. The zero-order chi connectivity index (χ0) is 18.4. The largest absolute Gasteiger partial charge is 0.300 e. The van der Waals surface area contributed by atoms with Gasteiger partial charge in [0.1, 0.15) is 16.8 Å². The summed E-state index contributed by atoms with van der Waals surface area (Å²) in [5.74, 6) is 0.376. The van der Waals surface area contributed by atoms with Crippen LogP contribution in [-0.4, -0.2) is 32.0 Å². The number of hydrogen-bond acceptors (Lipinski definition) is 7. The highest BCUT2D eigenvalue weighted by atomic mass is 16.6. The molecule has 1 aromatic carbocycles. The van der Waals surface area contributed by atoms with Gasteiger partial charge < -0.3 is 0 Å². The van der Waals surface area contributed by atoms with Gasteiger partial charge in [0.05, 0.1) is 18.2 Å². The van der Waals surface area contributed by atoms with Crippen LogP contribution in [0.4, 0.5) is 5.82 Å². The van der Waals surface area contributed by atoms with E-state index in [1.807, 2.05) is 18.2 Å². The summed E-state index contributed by atoms with van der Waals surface area (Å²) in [5, 5.41) is 25.2. The molecule has 2 aromatic heterocycles. The molecule has 1 fully saturated rings. The monoisotopic (exact) mass is 360 g/mol. The molecular weight excluding hydrogens is 344 g/mol. The first-order valence-corrected chi connectivity index (χ1v) is 9.00. The van der Waals surface area contributed by atoms with Crippen LogP contribution in [0.15, 0.2) is 34.0 Å². The fourth-order valence-electron chi connectivity index (χ4n) is 4.30. The molecule has 0 bridgehead atoms. The summed E-state index contributed by atoms with van der Waals surface area (Å²) in [6.07, 6.45) is 4.29. The number of nitriles is 1. The molecule has 0 spiro atoms. The molecule has 1 saturated carbocycles. The Morgan fingerprint density at radius 2 is 2.04 bits per heavy atom. The van der Waals surface area contributed by atoms with E-state index in [0.717, 1.165) is 29.7 Å². The molecule has 134 valence electrons. The maximum absolute atomic E-state index is 11.7. The molecule has 3 aromatic rings. The quantitative estimate of drug-likeness (QED) is 0.749. The van der Waals surface area contributed by atoms with E-state index >= 15 is 0 Å². The molecule has 0 amide bonds. The SMILES string of the molecule is N#CC1C(C2CCC(=O)CC2)=Nc2[nH]ncc2C1c1cccc2nonc12. The predicted octanol–water partition coefficient (Wildman–Crippen LogP) is 3.06. The highest BCUT2D eigenvalue weighted by molar-refractivity contribution is 5.98. The zero-order valence-corrected chi connectivity index (χ0v) is 14.4. The van der Waals surface area contributed by atoms with Crippen LogP contribution >= 0.6 is 0 Å². The minimum absolute atomic E-state index is 0.126. The van der Waals surface area contributed by atoms with Gasteiger partial charge in [0, 0.05) is 30.0 Å². The number of aromatic nitrogens is 4. The number of Topliss-reactive ketones (excluding diaryl/α,β-unsaturated/α-hetero) is 1. The summed E-state index contributed by atoms with van der Waals surface area (Å²) in [4.78, 5) is 16.4. The lowest BCUT2D eigenvalue weighted by molar-refractivity contribution is -0.120. The molecule has 2 aliphatic rings. The van der Waals surface area contributed by atoms with E-state index in [4.69, 9.17) is 9.62 Å². The van der Waals surface area contributed by atoms with Crippen LogP contribution in [0.3, 0.4) is 0 Å². The topological polar surface area (TPSA) is 121 Å². The van der Waals surface area contributed by atoms with Crippen LogP contribution in [0.25, 0.3) is 11.0 Å². The Morgan fingerprint density at radius 1 is 1.19 bits per heavy atom. The van der Waals surface area contributed by atoms with Crippen molar-refractivity contribution in [1.29, 1.82) is 5.26 Å². The van der Waals surface area contributed by atoms with Gasteiger partial charge in [-0.15, -0.1) is 0 Å². The van der Waals surface area contributed by atoms with Crippen molar-refractivity contribution in [2.24, 2.45) is 16.8 Å². The zero-order valence-electron chi connectivity index (χ0n) is 14.4. The molecule has 27 heavy (non-hydrogen) atoms. The first-order chi connectivity index (χ1) is 13.3. The lowest BCUT2D eigenvalue weighted by Crippen LogP contribution is -2.33. The smallest absolute Gasteiger partial charge is 0.151 e. The molecule has 0 saturated heterocycles. The Hall–Kier alpha value is -3.34. The van der Waals surface area contributed by atoms with E-state index in [0.29, 0.717) is 29.7 Å². The first-order valence-electron chi connectivity index (χ1n) is 9.00. The number of rotatable bonds is 2. The average Bonchev–Trinajstić information content (AvgIpc) is 3.36. The highest BCUT2D eigenvalue weighted by Gasteiger charge is 2.40. The van der Waals surface area contributed by atoms with Crippen molar-refractivity contribution in [2.75, 3.05) is 0 Å². The standard InChI is InChI=1S/C19H16N6O2/c20-8-13-16(12-2-1-3-15-18(12)25-27-24-15)14-9-21-23-19(14)22-17(13)10-4-6-11(26)7-5-10/h1-3,9-10,13,16H,4-7H2,(H,21,23). The third-order valence-corrected chi connectivity index (χ3v) is 5.63. The number of aromatic amines is 1. The normalized spacial score (nSPS) is 23.1. The molecule has 8 nitrogen and oxygen atoms in total. The van der Waals surface area contributed by atoms with Crippen molar-refractivity contribution in [3.05, 3.63) is 35.5 Å². The maximum Gasteiger partial charge on any atom is 0.151 e. The van der Waals surface area contributed by atoms with E-state index in [1.165, 1.54) is 0 Å². The first kappa shape index (κ1) is 15.9. The predicted molar refractivity (Wildman–Crippen MR) is 95.4 cm³/mol. The Kier molecular flexibility index (Phi) is 3.60. The van der Waals surface area contributed by atoms with E-state index in [-0.39, 0.29) is 17.6 Å². The van der Waals surface area contributed by atoms with E-state index < -0.39 is 5.92 Å². The summed E-state index contributed by atoms with van der Waals surface area (Å²) in [6.45, 7) is 0. The van der Waals surface area contributed by atoms with Crippen LogP contribution in [-0.2, 0) is 4.79 Å². The second kappa shape index (κ2) is 6.13. The maximum atomic E-state index is 11.7. The second-order valence-electron chi connectivity index (χ2n) is 7.09. The molecule has 2 atom stereocenters. The minimum Gasteiger partial charge on any atom is -0.300 e. The van der Waals surface area contributed by atoms with Crippen LogP contribution in [0, 0.1) is 23.2 Å². The molecule has 0 radical (unpaired) electrons. The summed E-state index contributed by atoms with van der Waals surface area (Å²) < 4.78 is 4.92. The third kappa shape index (κ3) is 2.46. The van der Waals surface area contributed by atoms with Crippen molar-refractivity contribution < 1.29 is 9.42 Å². The van der Waals surface area contributed by atoms with E-state index in [2.05, 4.69) is 26.6 Å². The number of hydrogen-bond donors (Lipinski definition) is 1. The Morgan fingerprint density at radius 3 is 2.85 bits per heavy atom. The number of nitrogens with zero attached hydrogens (tertiary/aromatic N) is 5. The summed E-state index contributed by atoms with van der Waals surface area (Å²) in [6, 6.07) is 8.13. The van der Waals surface area contributed by atoms with Crippen molar-refractivity contribution in [3.63, 3.8) is 0 Å². The van der Waals surface area contributed by atoms with Gasteiger partial charge in [0.25, 0.3) is 0 Å². The molecule has 1 N–H and O–H groups in total. The van der Waals surface area contributed by atoms with Crippen LogP contribution in [0.2, 0.25) is 0 Å². The van der Waals surface area contributed by atoms with Crippen molar-refractivity contribution in [3.8, 4) is 6.07 Å². The van der Waals surface area contributed by atoms with Crippen LogP contribution < -0.4 is 0 Å². The molecular formula is C19H16N6O2. The molecule has 2 unspecified atom stereocenters.